The van der Waals surface area contributed by atoms with E-state index in [0.717, 1.165) is 0 Å². The van der Waals surface area contributed by atoms with Crippen LogP contribution in [-0.2, 0) is 9.53 Å². The van der Waals surface area contributed by atoms with Crippen molar-refractivity contribution in [1.29, 1.82) is 0 Å². The van der Waals surface area contributed by atoms with Gasteiger partial charge in [0, 0.05) is 16.7 Å². The number of phenols is 12. The van der Waals surface area contributed by atoms with Crippen LogP contribution in [-0.4, -0.2) is 141 Å². The van der Waals surface area contributed by atoms with Crippen molar-refractivity contribution < 1.29 is 110 Å². The Hall–Kier alpha value is -7.53. The van der Waals surface area contributed by atoms with Crippen LogP contribution < -0.4 is 0 Å². The lowest BCUT2D eigenvalue weighted by Crippen LogP contribution is -2.76. The SMILES string of the molecule is O=C(O[C@](C(=O)C(=O)c1cc(O)c(O)c(O)c1)(C(=O)c1cc(O)c(O)c(O)c1)C(O)(C(=O)c1cc(O)c(O)c(O)c1)C(O)C(O)CO)c1cc(O)c(O)c(O)c1. The van der Waals surface area contributed by atoms with Gasteiger partial charge in [-0.2, -0.15) is 0 Å². The van der Waals surface area contributed by atoms with Gasteiger partial charge in [0.05, 0.1) is 12.2 Å². The van der Waals surface area contributed by atoms with Gasteiger partial charge in [-0.25, -0.2) is 4.79 Å². The summed E-state index contributed by atoms with van der Waals surface area (Å²) in [5, 5.41) is 165. The lowest BCUT2D eigenvalue weighted by Gasteiger charge is -2.45. The van der Waals surface area contributed by atoms with Gasteiger partial charge < -0.3 is 86.4 Å². The van der Waals surface area contributed by atoms with E-state index in [0.29, 0.717) is 0 Å². The van der Waals surface area contributed by atoms with Crippen LogP contribution >= 0.6 is 0 Å². The Morgan fingerprint density at radius 3 is 1.14 bits per heavy atom. The molecular weight excluding hydrogens is 760 g/mol. The highest BCUT2D eigenvalue weighted by Gasteiger charge is 2.73. The van der Waals surface area contributed by atoms with Crippen LogP contribution in [0.4, 0.5) is 0 Å². The Labute approximate surface area is 309 Å². The third-order valence-corrected chi connectivity index (χ3v) is 8.26. The molecule has 0 fully saturated rings. The zero-order valence-electron chi connectivity index (χ0n) is 27.6. The molecule has 4 aromatic rings. The molecule has 0 aliphatic rings. The molecule has 0 bridgehead atoms. The van der Waals surface area contributed by atoms with E-state index in [9.17, 15) is 106 Å². The zero-order valence-corrected chi connectivity index (χ0v) is 27.6. The minimum absolute atomic E-state index is 0.159. The van der Waals surface area contributed by atoms with Crippen molar-refractivity contribution in [3.63, 3.8) is 0 Å². The van der Waals surface area contributed by atoms with Crippen LogP contribution in [0.2, 0.25) is 0 Å². The Balaban J connectivity index is 2.28. The largest absolute Gasteiger partial charge is 0.504 e. The lowest BCUT2D eigenvalue weighted by molar-refractivity contribution is -0.186. The number of Topliss-reactive ketones (excluding diaryl/α,β-unsaturated/α-hetero) is 4. The number of ether oxygens (including phenoxy) is 1. The standard InChI is InChI=1S/C34H28O22/c35-9-22(44)30(52)33(55,28(50)11-3-16(38)25(47)17(39)4-11)34(29(51)12-5-18(40)26(48)19(41)6-12,56-32(54)13-7-20(42)27(49)21(43)8-13)31(53)23(45)10-1-14(36)24(46)15(37)2-10/h1-8,22,30,35-44,46-49,52,55H,9H2/t22?,30?,33?,34-/m0/s1. The minimum Gasteiger partial charge on any atom is -0.504 e. The highest BCUT2D eigenvalue weighted by Crippen LogP contribution is 2.46. The van der Waals surface area contributed by atoms with E-state index in [1.165, 1.54) is 0 Å². The third-order valence-electron chi connectivity index (χ3n) is 8.26. The van der Waals surface area contributed by atoms with Gasteiger partial charge in [-0.15, -0.1) is 0 Å². The van der Waals surface area contributed by atoms with E-state index >= 15 is 0 Å². The molecule has 22 heteroatoms. The zero-order chi connectivity index (χ0) is 42.4. The van der Waals surface area contributed by atoms with Crippen molar-refractivity contribution in [2.75, 3.05) is 6.61 Å². The number of rotatable bonds is 13. The molecule has 0 heterocycles. The van der Waals surface area contributed by atoms with Gasteiger partial charge in [0.1, 0.15) is 12.2 Å². The molecule has 0 saturated carbocycles. The molecule has 4 rings (SSSR count). The Kier molecular flexibility index (Phi) is 10.8. The van der Waals surface area contributed by atoms with E-state index in [1.54, 1.807) is 0 Å². The average Bonchev–Trinajstić information content (AvgIpc) is 3.15. The molecule has 3 unspecified atom stereocenters. The molecular formula is C34H28O22. The minimum atomic E-state index is -4.89. The summed E-state index contributed by atoms with van der Waals surface area (Å²) in [4.78, 5) is 72.1. The fourth-order valence-electron chi connectivity index (χ4n) is 5.34. The van der Waals surface area contributed by atoms with Gasteiger partial charge in [-0.1, -0.05) is 0 Å². The number of phenolic OH excluding ortho intramolecular Hbond substituents is 12. The quantitative estimate of drug-likeness (QED) is 0.0246. The summed E-state index contributed by atoms with van der Waals surface area (Å²) in [7, 11) is 0. The van der Waals surface area contributed by atoms with E-state index in [-0.39, 0.29) is 48.5 Å². The van der Waals surface area contributed by atoms with Crippen LogP contribution in [0.15, 0.2) is 48.5 Å². The molecule has 4 atom stereocenters. The maximum Gasteiger partial charge on any atom is 0.340 e. The summed E-state index contributed by atoms with van der Waals surface area (Å²) >= 11 is 0. The summed E-state index contributed by atoms with van der Waals surface area (Å²) in [6, 6.07) is 1.69. The molecule has 0 amide bonds. The van der Waals surface area contributed by atoms with E-state index < -0.39 is 150 Å². The number of esters is 1. The van der Waals surface area contributed by atoms with Crippen molar-refractivity contribution in [2.24, 2.45) is 0 Å². The van der Waals surface area contributed by atoms with Gasteiger partial charge in [0.25, 0.3) is 11.4 Å². The molecule has 0 aromatic heterocycles. The normalized spacial score (nSPS) is 14.4. The molecule has 0 aliphatic heterocycles. The van der Waals surface area contributed by atoms with Crippen LogP contribution in [0.5, 0.6) is 69.0 Å². The van der Waals surface area contributed by atoms with Crippen molar-refractivity contribution in [3.05, 3.63) is 70.8 Å². The predicted molar refractivity (Wildman–Crippen MR) is 176 cm³/mol. The maximum atomic E-state index is 14.9. The second-order valence-electron chi connectivity index (χ2n) is 11.8. The predicted octanol–water partition coefficient (Wildman–Crippen LogP) is -1.29. The van der Waals surface area contributed by atoms with Crippen LogP contribution in [0, 0.1) is 0 Å². The summed E-state index contributed by atoms with van der Waals surface area (Å²) in [6.45, 7) is -1.72. The molecule has 16 N–H and O–H groups in total. The average molecular weight is 789 g/mol. The fourth-order valence-corrected chi connectivity index (χ4v) is 5.34. The number of ketones is 4. The van der Waals surface area contributed by atoms with Gasteiger partial charge in [-0.05, 0) is 48.5 Å². The number of hydrogen-bond donors (Lipinski definition) is 16. The molecule has 0 saturated heterocycles. The van der Waals surface area contributed by atoms with E-state index in [2.05, 4.69) is 0 Å². The van der Waals surface area contributed by atoms with E-state index in [4.69, 9.17) is 4.74 Å². The second kappa shape index (κ2) is 14.7. The van der Waals surface area contributed by atoms with Crippen LogP contribution in [0.25, 0.3) is 0 Å². The summed E-state index contributed by atoms with van der Waals surface area (Å²) < 4.78 is 5.14. The number of hydrogen-bond acceptors (Lipinski definition) is 22. The molecule has 296 valence electrons. The topological polar surface area (TPSA) is 418 Å². The van der Waals surface area contributed by atoms with Crippen LogP contribution in [0.1, 0.15) is 41.4 Å². The summed E-state index contributed by atoms with van der Waals surface area (Å²) in [5.41, 5.74) is -15.0. The smallest absolute Gasteiger partial charge is 0.340 e. The molecule has 56 heavy (non-hydrogen) atoms. The number of aromatic hydroxyl groups is 12. The first-order valence-electron chi connectivity index (χ1n) is 15.1. The molecule has 0 spiro atoms. The van der Waals surface area contributed by atoms with Crippen molar-refractivity contribution in [2.45, 2.75) is 23.4 Å². The van der Waals surface area contributed by atoms with E-state index in [1.807, 2.05) is 0 Å². The third kappa shape index (κ3) is 6.62. The van der Waals surface area contributed by atoms with Gasteiger partial charge in [0.2, 0.25) is 23.0 Å². The first-order chi connectivity index (χ1) is 26.0. The number of carbonyl (C=O) groups excluding carboxylic acids is 5. The Bertz CT molecular complexity index is 2220. The van der Waals surface area contributed by atoms with Crippen molar-refractivity contribution in [1.82, 2.24) is 0 Å². The van der Waals surface area contributed by atoms with Gasteiger partial charge >= 0.3 is 5.97 Å². The molecule has 4 aromatic carbocycles. The number of aliphatic hydroxyl groups is 4. The summed E-state index contributed by atoms with van der Waals surface area (Å²) in [6.07, 6.45) is -6.52. The first-order valence-corrected chi connectivity index (χ1v) is 15.1. The number of aliphatic hydroxyl groups excluding tert-OH is 3. The highest BCUT2D eigenvalue weighted by atomic mass is 16.6. The Morgan fingerprint density at radius 2 is 0.804 bits per heavy atom. The second-order valence-corrected chi connectivity index (χ2v) is 11.8. The van der Waals surface area contributed by atoms with Crippen molar-refractivity contribution in [3.8, 4) is 69.0 Å². The fraction of sp³-hybridized carbons (Fsp3) is 0.147. The maximum absolute atomic E-state index is 14.9. The first kappa shape index (κ1) is 41.2. The van der Waals surface area contributed by atoms with Gasteiger partial charge in [-0.3, -0.25) is 19.2 Å². The highest BCUT2D eigenvalue weighted by molar-refractivity contribution is 6.52. The number of benzene rings is 4. The number of carbonyl (C=O) groups is 5. The monoisotopic (exact) mass is 788 g/mol. The molecule has 22 nitrogen and oxygen atoms in total. The lowest BCUT2D eigenvalue weighted by atomic mass is 9.65. The van der Waals surface area contributed by atoms with Crippen molar-refractivity contribution >= 4 is 29.1 Å². The summed E-state index contributed by atoms with van der Waals surface area (Å²) in [5.74, 6) is -28.5. The molecule has 0 radical (unpaired) electrons. The van der Waals surface area contributed by atoms with Gasteiger partial charge in [0.15, 0.2) is 69.0 Å². The van der Waals surface area contributed by atoms with Crippen LogP contribution in [0.3, 0.4) is 0 Å². The Morgan fingerprint density at radius 1 is 0.500 bits per heavy atom. The molecule has 0 aliphatic carbocycles.